The summed E-state index contributed by atoms with van der Waals surface area (Å²) in [6.07, 6.45) is 3.13. The summed E-state index contributed by atoms with van der Waals surface area (Å²) in [6.45, 7) is 6.74. The second-order valence-electron chi connectivity index (χ2n) is 6.39. The van der Waals surface area contributed by atoms with Gasteiger partial charge in [-0.15, -0.1) is 11.3 Å². The van der Waals surface area contributed by atoms with Gasteiger partial charge in [0.2, 0.25) is 11.7 Å². The van der Waals surface area contributed by atoms with E-state index in [1.165, 1.54) is 15.3 Å². The van der Waals surface area contributed by atoms with Gasteiger partial charge in [0.15, 0.2) is 0 Å². The van der Waals surface area contributed by atoms with Crippen molar-refractivity contribution in [1.82, 2.24) is 5.06 Å². The number of guanidine groups is 1. The molecule has 2 aliphatic rings. The molecule has 0 bridgehead atoms. The number of hydrogen-bond acceptors (Lipinski definition) is 5. The number of thiophene rings is 1. The van der Waals surface area contributed by atoms with Crippen molar-refractivity contribution in [3.8, 4) is 0 Å². The minimum atomic E-state index is -0.563. The molecule has 3 rings (SSSR count). The quantitative estimate of drug-likeness (QED) is 0.794. The number of hydroxylamine groups is 2. The maximum absolute atomic E-state index is 5.97. The highest BCUT2D eigenvalue weighted by Gasteiger charge is 2.45. The van der Waals surface area contributed by atoms with Crippen LogP contribution in [-0.4, -0.2) is 18.1 Å². The number of hydrogen-bond donors (Lipinski definition) is 1. The van der Waals surface area contributed by atoms with Crippen LogP contribution in [0.25, 0.3) is 0 Å². The van der Waals surface area contributed by atoms with E-state index in [9.17, 15) is 0 Å². The van der Waals surface area contributed by atoms with Gasteiger partial charge in [0, 0.05) is 28.8 Å². The number of aryl methyl sites for hydroxylation is 1. The lowest BCUT2D eigenvalue weighted by Gasteiger charge is -2.30. The third-order valence-corrected chi connectivity index (χ3v) is 5.41. The molecule has 1 aliphatic heterocycles. The van der Waals surface area contributed by atoms with Crippen LogP contribution >= 0.6 is 11.3 Å². The van der Waals surface area contributed by atoms with E-state index in [0.29, 0.717) is 5.96 Å². The zero-order valence-corrected chi connectivity index (χ0v) is 12.8. The zero-order valence-electron chi connectivity index (χ0n) is 12.0. The maximum Gasteiger partial charge on any atom is 0.218 e. The van der Waals surface area contributed by atoms with Crippen LogP contribution < -0.4 is 5.73 Å². The predicted octanol–water partition coefficient (Wildman–Crippen LogP) is 2.73. The Bertz CT molecular complexity index is 543. The minimum absolute atomic E-state index is 0.170. The van der Waals surface area contributed by atoms with Crippen molar-refractivity contribution in [2.24, 2.45) is 10.7 Å². The minimum Gasteiger partial charge on any atom is -0.368 e. The SMILES string of the molecule is CN1OC2(CCCc3sc(C(C)(C)C)cc32)N=C1N. The molecule has 2 heterocycles. The van der Waals surface area contributed by atoms with Crippen LogP contribution in [-0.2, 0) is 22.4 Å². The molecule has 2 N–H and O–H groups in total. The molecular formula is C14H21N3OS. The van der Waals surface area contributed by atoms with Crippen molar-refractivity contribution < 1.29 is 4.84 Å². The highest BCUT2D eigenvalue weighted by atomic mass is 32.1. The van der Waals surface area contributed by atoms with Gasteiger partial charge >= 0.3 is 0 Å². The Morgan fingerprint density at radius 1 is 1.47 bits per heavy atom. The lowest BCUT2D eigenvalue weighted by molar-refractivity contribution is -0.178. The third kappa shape index (κ3) is 1.96. The van der Waals surface area contributed by atoms with Crippen LogP contribution in [0.15, 0.2) is 11.1 Å². The molecule has 104 valence electrons. The summed E-state index contributed by atoms with van der Waals surface area (Å²) in [4.78, 5) is 13.4. The van der Waals surface area contributed by atoms with Crippen LogP contribution in [0.2, 0.25) is 0 Å². The first-order valence-corrected chi connectivity index (χ1v) is 7.55. The number of fused-ring (bicyclic) bond motifs is 2. The van der Waals surface area contributed by atoms with Crippen LogP contribution in [0.1, 0.15) is 48.9 Å². The molecule has 0 fully saturated rings. The smallest absolute Gasteiger partial charge is 0.218 e. The van der Waals surface area contributed by atoms with Crippen molar-refractivity contribution in [2.75, 3.05) is 7.05 Å². The van der Waals surface area contributed by atoms with Crippen molar-refractivity contribution in [3.05, 3.63) is 21.4 Å². The molecule has 0 saturated carbocycles. The van der Waals surface area contributed by atoms with E-state index in [4.69, 9.17) is 10.6 Å². The molecule has 1 unspecified atom stereocenters. The number of nitrogens with two attached hydrogens (primary N) is 1. The van der Waals surface area contributed by atoms with Crippen LogP contribution in [0, 0.1) is 0 Å². The first-order valence-electron chi connectivity index (χ1n) is 6.74. The number of aliphatic imine (C=N–C) groups is 1. The fourth-order valence-electron chi connectivity index (χ4n) is 2.70. The first kappa shape index (κ1) is 12.9. The van der Waals surface area contributed by atoms with E-state index < -0.39 is 5.72 Å². The molecule has 0 amide bonds. The first-order chi connectivity index (χ1) is 8.82. The predicted molar refractivity (Wildman–Crippen MR) is 78.1 cm³/mol. The topological polar surface area (TPSA) is 50.8 Å². The molecule has 1 spiro atoms. The van der Waals surface area contributed by atoms with E-state index >= 15 is 0 Å². The monoisotopic (exact) mass is 279 g/mol. The van der Waals surface area contributed by atoms with Gasteiger partial charge in [-0.05, 0) is 24.3 Å². The molecule has 1 aromatic heterocycles. The van der Waals surface area contributed by atoms with Gasteiger partial charge in [-0.3, -0.25) is 0 Å². The van der Waals surface area contributed by atoms with Crippen LogP contribution in [0.3, 0.4) is 0 Å². The van der Waals surface area contributed by atoms with E-state index in [0.717, 1.165) is 19.3 Å². The molecule has 0 aromatic carbocycles. The number of rotatable bonds is 0. The van der Waals surface area contributed by atoms with Crippen molar-refractivity contribution in [2.45, 2.75) is 51.2 Å². The molecule has 0 saturated heterocycles. The van der Waals surface area contributed by atoms with Gasteiger partial charge in [0.05, 0.1) is 0 Å². The summed E-state index contributed by atoms with van der Waals surface area (Å²) in [5.41, 5.74) is 6.72. The second kappa shape index (κ2) is 3.96. The van der Waals surface area contributed by atoms with Crippen molar-refractivity contribution in [1.29, 1.82) is 0 Å². The molecule has 1 aliphatic carbocycles. The zero-order chi connectivity index (χ0) is 13.8. The van der Waals surface area contributed by atoms with E-state index in [2.05, 4.69) is 31.8 Å². The Hall–Kier alpha value is -1.07. The summed E-state index contributed by atoms with van der Waals surface area (Å²) in [6, 6.07) is 2.27. The lowest BCUT2D eigenvalue weighted by atomic mass is 9.88. The van der Waals surface area contributed by atoms with Gasteiger partial charge in [-0.1, -0.05) is 20.8 Å². The van der Waals surface area contributed by atoms with Gasteiger partial charge in [0.25, 0.3) is 0 Å². The number of nitrogens with zero attached hydrogens (tertiary/aromatic N) is 2. The Kier molecular flexibility index (Phi) is 2.70. The lowest BCUT2D eigenvalue weighted by Crippen LogP contribution is -2.33. The summed E-state index contributed by atoms with van der Waals surface area (Å²) < 4.78 is 0. The molecule has 19 heavy (non-hydrogen) atoms. The van der Waals surface area contributed by atoms with Gasteiger partial charge in [-0.2, -0.15) is 0 Å². The van der Waals surface area contributed by atoms with Crippen molar-refractivity contribution >= 4 is 17.3 Å². The molecule has 0 radical (unpaired) electrons. The molecule has 1 aromatic rings. The van der Waals surface area contributed by atoms with Crippen LogP contribution in [0.5, 0.6) is 0 Å². The normalized spacial score (nSPS) is 26.7. The standard InChI is InChI=1S/C14H21N3OS/c1-13(2,3)11-8-9-10(19-11)6-5-7-14(9)16-12(15)17(4)18-14/h8H,5-7H2,1-4H3,(H2,15,16). The average Bonchev–Trinajstić information content (AvgIpc) is 2.83. The Morgan fingerprint density at radius 3 is 2.79 bits per heavy atom. The second-order valence-corrected chi connectivity index (χ2v) is 7.53. The Labute approximate surface area is 118 Å². The third-order valence-electron chi connectivity index (χ3n) is 3.79. The molecule has 4 nitrogen and oxygen atoms in total. The average molecular weight is 279 g/mol. The maximum atomic E-state index is 5.97. The summed E-state index contributed by atoms with van der Waals surface area (Å²) in [5, 5.41) is 1.59. The van der Waals surface area contributed by atoms with Crippen LogP contribution in [0.4, 0.5) is 0 Å². The summed E-state index contributed by atoms with van der Waals surface area (Å²) in [7, 11) is 1.82. The summed E-state index contributed by atoms with van der Waals surface area (Å²) in [5.74, 6) is 0.469. The van der Waals surface area contributed by atoms with E-state index in [1.54, 1.807) is 5.06 Å². The fraction of sp³-hybridized carbons (Fsp3) is 0.643. The highest BCUT2D eigenvalue weighted by Crippen LogP contribution is 2.47. The highest BCUT2D eigenvalue weighted by molar-refractivity contribution is 7.12. The van der Waals surface area contributed by atoms with Gasteiger partial charge in [-0.25, -0.2) is 14.9 Å². The molecule has 5 heteroatoms. The van der Waals surface area contributed by atoms with Crippen molar-refractivity contribution in [3.63, 3.8) is 0 Å². The van der Waals surface area contributed by atoms with Gasteiger partial charge in [0.1, 0.15) is 0 Å². The largest absolute Gasteiger partial charge is 0.368 e. The van der Waals surface area contributed by atoms with E-state index in [1.807, 2.05) is 18.4 Å². The molecular weight excluding hydrogens is 258 g/mol. The fourth-order valence-corrected chi connectivity index (χ4v) is 4.02. The summed E-state index contributed by atoms with van der Waals surface area (Å²) >= 11 is 1.90. The van der Waals surface area contributed by atoms with E-state index in [-0.39, 0.29) is 5.41 Å². The Morgan fingerprint density at radius 2 is 2.21 bits per heavy atom. The van der Waals surface area contributed by atoms with Gasteiger partial charge < -0.3 is 5.73 Å². The Balaban J connectivity index is 2.09. The molecule has 1 atom stereocenters.